The Balaban J connectivity index is 2.50. The Hall–Kier alpha value is -0.0800. The van der Waals surface area contributed by atoms with Gasteiger partial charge in [-0.25, -0.2) is 0 Å². The summed E-state index contributed by atoms with van der Waals surface area (Å²) in [4.78, 5) is 2.48. The predicted molar refractivity (Wildman–Crippen MR) is 51.2 cm³/mol. The van der Waals surface area contributed by atoms with Crippen LogP contribution in [0.25, 0.3) is 0 Å². The smallest absolute Gasteiger partial charge is 0.0553 e. The molecule has 12 heavy (non-hydrogen) atoms. The van der Waals surface area contributed by atoms with Gasteiger partial charge in [-0.1, -0.05) is 0 Å². The zero-order valence-corrected chi connectivity index (χ0v) is 8.45. The standard InChI is InChI=1S/C10H21NO/c1-8(2)11-7-6-10(12)5-4-9(11)3/h8-10,12H,4-7H2,1-3H3. The van der Waals surface area contributed by atoms with Gasteiger partial charge in [-0.2, -0.15) is 0 Å². The molecule has 1 saturated heterocycles. The van der Waals surface area contributed by atoms with Crippen LogP contribution in [0.1, 0.15) is 40.0 Å². The van der Waals surface area contributed by atoms with Gasteiger partial charge in [-0.3, -0.25) is 4.90 Å². The highest BCUT2D eigenvalue weighted by Crippen LogP contribution is 2.18. The van der Waals surface area contributed by atoms with E-state index in [9.17, 15) is 5.11 Å². The fourth-order valence-corrected chi connectivity index (χ4v) is 2.03. The van der Waals surface area contributed by atoms with E-state index in [0.29, 0.717) is 12.1 Å². The molecule has 1 aliphatic heterocycles. The maximum absolute atomic E-state index is 9.48. The highest BCUT2D eigenvalue weighted by atomic mass is 16.3. The van der Waals surface area contributed by atoms with E-state index in [-0.39, 0.29) is 6.10 Å². The Morgan fingerprint density at radius 3 is 2.50 bits per heavy atom. The first-order valence-electron chi connectivity index (χ1n) is 5.05. The summed E-state index contributed by atoms with van der Waals surface area (Å²) in [6.07, 6.45) is 3.00. The van der Waals surface area contributed by atoms with Crippen LogP contribution in [0.2, 0.25) is 0 Å². The van der Waals surface area contributed by atoms with Crippen molar-refractivity contribution in [1.82, 2.24) is 4.90 Å². The largest absolute Gasteiger partial charge is 0.393 e. The van der Waals surface area contributed by atoms with Crippen LogP contribution >= 0.6 is 0 Å². The third-order valence-corrected chi connectivity index (χ3v) is 2.87. The molecule has 2 nitrogen and oxygen atoms in total. The number of aliphatic hydroxyl groups is 1. The number of hydrogen-bond acceptors (Lipinski definition) is 2. The lowest BCUT2D eigenvalue weighted by atomic mass is 10.1. The normalized spacial score (nSPS) is 33.8. The fraction of sp³-hybridized carbons (Fsp3) is 1.00. The Morgan fingerprint density at radius 1 is 1.25 bits per heavy atom. The number of rotatable bonds is 1. The topological polar surface area (TPSA) is 23.5 Å². The van der Waals surface area contributed by atoms with E-state index in [4.69, 9.17) is 0 Å². The molecule has 0 aromatic carbocycles. The van der Waals surface area contributed by atoms with Crippen molar-refractivity contribution >= 4 is 0 Å². The molecule has 0 aliphatic carbocycles. The van der Waals surface area contributed by atoms with Gasteiger partial charge < -0.3 is 5.11 Å². The van der Waals surface area contributed by atoms with Crippen LogP contribution in [0.4, 0.5) is 0 Å². The first kappa shape index (κ1) is 10.0. The zero-order valence-electron chi connectivity index (χ0n) is 8.45. The minimum atomic E-state index is -0.0591. The van der Waals surface area contributed by atoms with E-state index in [0.717, 1.165) is 25.8 Å². The second-order valence-electron chi connectivity index (χ2n) is 4.20. The summed E-state index contributed by atoms with van der Waals surface area (Å²) in [5.74, 6) is 0. The molecule has 1 aliphatic rings. The van der Waals surface area contributed by atoms with Crippen LogP contribution in [0, 0.1) is 0 Å². The van der Waals surface area contributed by atoms with E-state index in [1.54, 1.807) is 0 Å². The summed E-state index contributed by atoms with van der Waals surface area (Å²) in [7, 11) is 0. The molecule has 0 amide bonds. The van der Waals surface area contributed by atoms with E-state index in [1.165, 1.54) is 0 Å². The molecule has 0 bridgehead atoms. The van der Waals surface area contributed by atoms with Gasteiger partial charge in [0.2, 0.25) is 0 Å². The van der Waals surface area contributed by atoms with Gasteiger partial charge in [-0.15, -0.1) is 0 Å². The molecular weight excluding hydrogens is 150 g/mol. The summed E-state index contributed by atoms with van der Waals surface area (Å²) in [6, 6.07) is 1.26. The lowest BCUT2D eigenvalue weighted by molar-refractivity contribution is 0.145. The van der Waals surface area contributed by atoms with Gasteiger partial charge in [0.05, 0.1) is 6.10 Å². The van der Waals surface area contributed by atoms with Crippen LogP contribution in [0.3, 0.4) is 0 Å². The minimum absolute atomic E-state index is 0.0591. The van der Waals surface area contributed by atoms with Crippen molar-refractivity contribution < 1.29 is 5.11 Å². The number of hydrogen-bond donors (Lipinski definition) is 1. The SMILES string of the molecule is CC(C)N1CCC(O)CCC1C. The minimum Gasteiger partial charge on any atom is -0.393 e. The third kappa shape index (κ3) is 2.46. The molecule has 1 rings (SSSR count). The molecule has 1 heterocycles. The van der Waals surface area contributed by atoms with E-state index in [1.807, 2.05) is 0 Å². The third-order valence-electron chi connectivity index (χ3n) is 2.87. The first-order chi connectivity index (χ1) is 5.61. The average molecular weight is 171 g/mol. The molecule has 0 radical (unpaired) electrons. The summed E-state index contributed by atoms with van der Waals surface area (Å²) in [5.41, 5.74) is 0. The maximum atomic E-state index is 9.48. The summed E-state index contributed by atoms with van der Waals surface area (Å²) < 4.78 is 0. The van der Waals surface area contributed by atoms with Crippen LogP contribution in [-0.4, -0.2) is 34.7 Å². The van der Waals surface area contributed by atoms with Crippen LogP contribution < -0.4 is 0 Å². The van der Waals surface area contributed by atoms with Crippen molar-refractivity contribution in [2.75, 3.05) is 6.54 Å². The quantitative estimate of drug-likeness (QED) is 0.648. The Bertz CT molecular complexity index is 136. The van der Waals surface area contributed by atoms with Crippen molar-refractivity contribution in [2.24, 2.45) is 0 Å². The molecule has 72 valence electrons. The van der Waals surface area contributed by atoms with Crippen LogP contribution in [0.5, 0.6) is 0 Å². The number of likely N-dealkylation sites (tertiary alicyclic amines) is 1. The van der Waals surface area contributed by atoms with Crippen molar-refractivity contribution in [2.45, 2.75) is 58.2 Å². The van der Waals surface area contributed by atoms with Crippen molar-refractivity contribution in [3.8, 4) is 0 Å². The fourth-order valence-electron chi connectivity index (χ4n) is 2.03. The molecular formula is C10H21NO. The second-order valence-corrected chi connectivity index (χ2v) is 4.20. The number of aliphatic hydroxyl groups excluding tert-OH is 1. The van der Waals surface area contributed by atoms with E-state index in [2.05, 4.69) is 25.7 Å². The Kier molecular flexibility index (Phi) is 3.53. The molecule has 2 heteroatoms. The second kappa shape index (κ2) is 4.24. The van der Waals surface area contributed by atoms with Gasteiger partial charge in [0.1, 0.15) is 0 Å². The van der Waals surface area contributed by atoms with Gasteiger partial charge in [0, 0.05) is 18.6 Å². The molecule has 2 unspecified atom stereocenters. The van der Waals surface area contributed by atoms with Gasteiger partial charge in [0.15, 0.2) is 0 Å². The van der Waals surface area contributed by atoms with Crippen molar-refractivity contribution in [3.05, 3.63) is 0 Å². The average Bonchev–Trinajstić information content (AvgIpc) is 2.14. The highest BCUT2D eigenvalue weighted by molar-refractivity contribution is 4.77. The van der Waals surface area contributed by atoms with E-state index < -0.39 is 0 Å². The molecule has 1 N–H and O–H groups in total. The van der Waals surface area contributed by atoms with Crippen LogP contribution in [0.15, 0.2) is 0 Å². The Labute approximate surface area is 75.6 Å². The molecule has 0 aromatic heterocycles. The van der Waals surface area contributed by atoms with Gasteiger partial charge in [0.25, 0.3) is 0 Å². The summed E-state index contributed by atoms with van der Waals surface area (Å²) in [6.45, 7) is 7.78. The van der Waals surface area contributed by atoms with Crippen molar-refractivity contribution in [3.63, 3.8) is 0 Å². The van der Waals surface area contributed by atoms with Crippen molar-refractivity contribution in [1.29, 1.82) is 0 Å². The molecule has 1 fully saturated rings. The van der Waals surface area contributed by atoms with Gasteiger partial charge >= 0.3 is 0 Å². The van der Waals surface area contributed by atoms with Gasteiger partial charge in [-0.05, 0) is 40.0 Å². The summed E-state index contributed by atoms with van der Waals surface area (Å²) in [5, 5.41) is 9.48. The summed E-state index contributed by atoms with van der Waals surface area (Å²) >= 11 is 0. The number of nitrogens with zero attached hydrogens (tertiary/aromatic N) is 1. The lowest BCUT2D eigenvalue weighted by Crippen LogP contribution is -2.38. The molecule has 0 aromatic rings. The lowest BCUT2D eigenvalue weighted by Gasteiger charge is -2.30. The molecule has 0 saturated carbocycles. The van der Waals surface area contributed by atoms with E-state index >= 15 is 0 Å². The molecule has 0 spiro atoms. The highest BCUT2D eigenvalue weighted by Gasteiger charge is 2.22. The monoisotopic (exact) mass is 171 g/mol. The predicted octanol–water partition coefficient (Wildman–Crippen LogP) is 1.63. The maximum Gasteiger partial charge on any atom is 0.0553 e. The zero-order chi connectivity index (χ0) is 9.14. The first-order valence-corrected chi connectivity index (χ1v) is 5.05. The van der Waals surface area contributed by atoms with Crippen LogP contribution in [-0.2, 0) is 0 Å². The molecule has 2 atom stereocenters. The Morgan fingerprint density at radius 2 is 1.92 bits per heavy atom.